The van der Waals surface area contributed by atoms with Crippen LogP contribution in [0.2, 0.25) is 0 Å². The van der Waals surface area contributed by atoms with E-state index in [-0.39, 0.29) is 0 Å². The molecule has 3 aromatic rings. The minimum atomic E-state index is 0.327. The summed E-state index contributed by atoms with van der Waals surface area (Å²) < 4.78 is 5.78. The van der Waals surface area contributed by atoms with Gasteiger partial charge in [-0.25, -0.2) is 9.13 Å². The number of nitrogens with two attached hydrogens (primary N) is 2. The average Bonchev–Trinajstić information content (AvgIpc) is 3.58. The van der Waals surface area contributed by atoms with Crippen molar-refractivity contribution in [3.8, 4) is 0 Å². The molecule has 0 spiro atoms. The predicted molar refractivity (Wildman–Crippen MR) is 154 cm³/mol. The zero-order valence-corrected chi connectivity index (χ0v) is 23.3. The van der Waals surface area contributed by atoms with Crippen LogP contribution in [0, 0.1) is 6.92 Å². The number of aromatic nitrogens is 2. The zero-order valence-electron chi connectivity index (χ0n) is 23.3. The van der Waals surface area contributed by atoms with Crippen molar-refractivity contribution in [2.24, 2.45) is 7.05 Å². The lowest BCUT2D eigenvalue weighted by molar-refractivity contribution is -0.914. The molecule has 7 nitrogen and oxygen atoms in total. The summed E-state index contributed by atoms with van der Waals surface area (Å²) >= 11 is 0. The molecular formula is C30H45N7+2. The second kappa shape index (κ2) is 9.93. The number of benzene rings is 2. The Bertz CT molecular complexity index is 1220. The van der Waals surface area contributed by atoms with E-state index in [1.54, 1.807) is 0 Å². The van der Waals surface area contributed by atoms with Gasteiger partial charge in [0.15, 0.2) is 0 Å². The standard InChI is InChI=1S/C30H45N7/c1-22-20-25(14-15-27(22)32)35-16-6-8-26(35)21-34-19-18-33(2)30(34)29(37(3,4)5)28-9-7-17-36(28)24-12-10-23(31)11-13-24/h10-15,18-20,26,28-29H,6-9,16-17,21,31-32H2,1-5H3/q+2. The van der Waals surface area contributed by atoms with Crippen molar-refractivity contribution in [1.29, 1.82) is 0 Å². The molecule has 4 N–H and O–H groups in total. The summed E-state index contributed by atoms with van der Waals surface area (Å²) in [5.74, 6) is 1.40. The van der Waals surface area contributed by atoms with Crippen molar-refractivity contribution in [3.05, 3.63) is 66.2 Å². The van der Waals surface area contributed by atoms with E-state index in [2.05, 4.69) is 96.8 Å². The first-order valence-corrected chi connectivity index (χ1v) is 13.7. The highest BCUT2D eigenvalue weighted by Crippen LogP contribution is 2.38. The van der Waals surface area contributed by atoms with E-state index in [9.17, 15) is 0 Å². The zero-order chi connectivity index (χ0) is 26.3. The van der Waals surface area contributed by atoms with Gasteiger partial charge in [0.1, 0.15) is 18.9 Å². The molecule has 2 aromatic carbocycles. The molecule has 3 atom stereocenters. The van der Waals surface area contributed by atoms with Gasteiger partial charge in [-0.2, -0.15) is 0 Å². The van der Waals surface area contributed by atoms with Crippen LogP contribution in [0.1, 0.15) is 43.1 Å². The monoisotopic (exact) mass is 503 g/mol. The van der Waals surface area contributed by atoms with Crippen LogP contribution in [0.25, 0.3) is 0 Å². The topological polar surface area (TPSA) is 67.3 Å². The normalized spacial score (nSPS) is 21.1. The summed E-state index contributed by atoms with van der Waals surface area (Å²) in [4.78, 5) is 5.21. The number of rotatable bonds is 7. The van der Waals surface area contributed by atoms with Gasteiger partial charge in [0.05, 0.1) is 40.3 Å². The molecule has 0 aliphatic carbocycles. The molecule has 0 amide bonds. The van der Waals surface area contributed by atoms with Gasteiger partial charge in [-0.3, -0.25) is 0 Å². The Balaban J connectivity index is 1.47. The van der Waals surface area contributed by atoms with Crippen LogP contribution in [0.4, 0.5) is 22.7 Å². The van der Waals surface area contributed by atoms with Gasteiger partial charge in [0.25, 0.3) is 0 Å². The molecule has 1 aromatic heterocycles. The molecule has 0 radical (unpaired) electrons. The maximum Gasteiger partial charge on any atom is 0.318 e. The minimum absolute atomic E-state index is 0.327. The lowest BCUT2D eigenvalue weighted by atomic mass is 10.0. The molecule has 2 aliphatic rings. The highest BCUT2D eigenvalue weighted by atomic mass is 15.4. The van der Waals surface area contributed by atoms with Crippen molar-refractivity contribution in [1.82, 2.24) is 4.57 Å². The molecule has 198 valence electrons. The van der Waals surface area contributed by atoms with Crippen molar-refractivity contribution < 1.29 is 9.05 Å². The summed E-state index contributed by atoms with van der Waals surface area (Å²) in [6.07, 6.45) is 9.38. The predicted octanol–water partition coefficient (Wildman–Crippen LogP) is 3.87. The smallest absolute Gasteiger partial charge is 0.318 e. The van der Waals surface area contributed by atoms with Crippen molar-refractivity contribution in [2.75, 3.05) is 55.5 Å². The van der Waals surface area contributed by atoms with Crippen LogP contribution < -0.4 is 25.8 Å². The minimum Gasteiger partial charge on any atom is -0.399 e. The van der Waals surface area contributed by atoms with Gasteiger partial charge in [-0.15, -0.1) is 0 Å². The molecule has 0 saturated carbocycles. The first-order valence-electron chi connectivity index (χ1n) is 13.7. The SMILES string of the molecule is Cc1cc(N2CCCC2Cn2cc[n+](C)c2C(C2CCCN2c2ccc(N)cc2)[N+](C)(C)C)ccc1N. The maximum atomic E-state index is 6.13. The first-order chi connectivity index (χ1) is 17.6. The Labute approximate surface area is 222 Å². The summed E-state index contributed by atoms with van der Waals surface area (Å²) in [7, 11) is 9.26. The van der Waals surface area contributed by atoms with Crippen molar-refractivity contribution >= 4 is 22.7 Å². The van der Waals surface area contributed by atoms with E-state index in [4.69, 9.17) is 11.5 Å². The summed E-state index contributed by atoms with van der Waals surface area (Å²) in [6.45, 7) is 5.28. The quantitative estimate of drug-likeness (QED) is 0.292. The molecule has 2 saturated heterocycles. The largest absolute Gasteiger partial charge is 0.399 e. The van der Waals surface area contributed by atoms with Crippen molar-refractivity contribution in [3.63, 3.8) is 0 Å². The van der Waals surface area contributed by atoms with E-state index >= 15 is 0 Å². The van der Waals surface area contributed by atoms with Gasteiger partial charge in [-0.05, 0) is 80.6 Å². The second-order valence-electron chi connectivity index (χ2n) is 12.0. The Morgan fingerprint density at radius 1 is 0.946 bits per heavy atom. The third-order valence-electron chi connectivity index (χ3n) is 8.48. The summed E-state index contributed by atoms with van der Waals surface area (Å²) in [6, 6.07) is 16.1. The summed E-state index contributed by atoms with van der Waals surface area (Å²) in [5.41, 5.74) is 17.6. The van der Waals surface area contributed by atoms with Crippen molar-refractivity contribution in [2.45, 2.75) is 57.3 Å². The Kier molecular flexibility index (Phi) is 6.84. The summed E-state index contributed by atoms with van der Waals surface area (Å²) in [5, 5.41) is 0. The fourth-order valence-corrected chi connectivity index (χ4v) is 6.64. The Morgan fingerprint density at radius 3 is 2.32 bits per heavy atom. The molecule has 3 heterocycles. The fraction of sp³-hybridized carbons (Fsp3) is 0.500. The fourth-order valence-electron chi connectivity index (χ4n) is 6.64. The molecule has 2 fully saturated rings. The first kappa shape index (κ1) is 25.5. The van der Waals surface area contributed by atoms with Crippen LogP contribution in [-0.4, -0.2) is 55.4 Å². The maximum absolute atomic E-state index is 6.13. The number of nitrogens with zero attached hydrogens (tertiary/aromatic N) is 5. The molecule has 5 rings (SSSR count). The number of nitrogen functional groups attached to an aromatic ring is 2. The molecule has 2 aliphatic heterocycles. The van der Waals surface area contributed by atoms with Gasteiger partial charge in [0, 0.05) is 35.8 Å². The highest BCUT2D eigenvalue weighted by Gasteiger charge is 2.47. The van der Waals surface area contributed by atoms with Crippen LogP contribution in [0.15, 0.2) is 54.9 Å². The number of likely N-dealkylation sites (N-methyl/N-ethyl adjacent to an activating group) is 1. The van der Waals surface area contributed by atoms with Crippen LogP contribution in [-0.2, 0) is 13.6 Å². The van der Waals surface area contributed by atoms with Crippen LogP contribution in [0.3, 0.4) is 0 Å². The Morgan fingerprint density at radius 2 is 1.62 bits per heavy atom. The molecule has 0 bridgehead atoms. The highest BCUT2D eigenvalue weighted by molar-refractivity contribution is 5.59. The van der Waals surface area contributed by atoms with Crippen LogP contribution in [0.5, 0.6) is 0 Å². The number of imidazole rings is 1. The average molecular weight is 504 g/mol. The molecule has 3 unspecified atom stereocenters. The third-order valence-corrected chi connectivity index (χ3v) is 8.48. The number of hydrogen-bond acceptors (Lipinski definition) is 4. The molecule has 37 heavy (non-hydrogen) atoms. The van der Waals surface area contributed by atoms with E-state index in [1.807, 2.05) is 12.1 Å². The van der Waals surface area contributed by atoms with E-state index in [0.29, 0.717) is 18.1 Å². The lowest BCUT2D eigenvalue weighted by Crippen LogP contribution is -2.54. The van der Waals surface area contributed by atoms with Gasteiger partial charge in [0.2, 0.25) is 6.04 Å². The number of aryl methyl sites for hydroxylation is 2. The number of quaternary nitrogens is 1. The number of anilines is 4. The molecule has 7 heteroatoms. The van der Waals surface area contributed by atoms with E-state index < -0.39 is 0 Å². The Hall–Kier alpha value is -3.19. The van der Waals surface area contributed by atoms with E-state index in [1.165, 1.54) is 42.9 Å². The third kappa shape index (κ3) is 5.01. The number of hydrogen-bond donors (Lipinski definition) is 2. The van der Waals surface area contributed by atoms with Gasteiger partial charge in [-0.1, -0.05) is 0 Å². The van der Waals surface area contributed by atoms with Crippen LogP contribution >= 0.6 is 0 Å². The van der Waals surface area contributed by atoms with E-state index in [0.717, 1.165) is 41.1 Å². The molecular weight excluding hydrogens is 458 g/mol. The van der Waals surface area contributed by atoms with Gasteiger partial charge >= 0.3 is 5.82 Å². The lowest BCUT2D eigenvalue weighted by Gasteiger charge is -2.40. The van der Waals surface area contributed by atoms with Gasteiger partial charge < -0.3 is 25.8 Å². The second-order valence-corrected chi connectivity index (χ2v) is 12.0.